The van der Waals surface area contributed by atoms with Crippen molar-refractivity contribution in [3.8, 4) is 0 Å². The van der Waals surface area contributed by atoms with E-state index in [1.165, 1.54) is 11.3 Å². The Balaban J connectivity index is 2.16. The topological polar surface area (TPSA) is 32.8 Å². The SMILES string of the molecule is CCN(CC)C(=O)CN1C[C@@H](OC)Cc2ccccc21. The lowest BCUT2D eigenvalue weighted by atomic mass is 9.99. The minimum Gasteiger partial charge on any atom is -0.379 e. The Morgan fingerprint density at radius 1 is 1.35 bits per heavy atom. The molecule has 0 aliphatic carbocycles. The molecule has 0 saturated heterocycles. The van der Waals surface area contributed by atoms with Crippen LogP contribution in [0.15, 0.2) is 24.3 Å². The lowest BCUT2D eigenvalue weighted by Crippen LogP contribution is -2.46. The summed E-state index contributed by atoms with van der Waals surface area (Å²) in [5, 5.41) is 0. The number of ether oxygens (including phenoxy) is 1. The molecular weight excluding hydrogens is 252 g/mol. The van der Waals surface area contributed by atoms with Gasteiger partial charge in [0.1, 0.15) is 0 Å². The molecule has 1 amide bonds. The quantitative estimate of drug-likeness (QED) is 0.824. The van der Waals surface area contributed by atoms with Crippen molar-refractivity contribution in [1.82, 2.24) is 4.90 Å². The number of benzene rings is 1. The Labute approximate surface area is 121 Å². The van der Waals surface area contributed by atoms with E-state index in [-0.39, 0.29) is 12.0 Å². The minimum atomic E-state index is 0.161. The predicted molar refractivity (Wildman–Crippen MR) is 81.1 cm³/mol. The highest BCUT2D eigenvalue weighted by atomic mass is 16.5. The number of nitrogens with zero attached hydrogens (tertiary/aromatic N) is 2. The summed E-state index contributed by atoms with van der Waals surface area (Å²) >= 11 is 0. The van der Waals surface area contributed by atoms with Gasteiger partial charge in [-0.2, -0.15) is 0 Å². The maximum atomic E-state index is 12.3. The molecule has 0 N–H and O–H groups in total. The highest BCUT2D eigenvalue weighted by molar-refractivity contribution is 5.82. The van der Waals surface area contributed by atoms with Crippen LogP contribution >= 0.6 is 0 Å². The van der Waals surface area contributed by atoms with Crippen LogP contribution in [0.3, 0.4) is 0 Å². The van der Waals surface area contributed by atoms with Crippen LogP contribution in [-0.2, 0) is 16.0 Å². The Kier molecular flexibility index (Phi) is 5.01. The van der Waals surface area contributed by atoms with E-state index in [1.807, 2.05) is 30.9 Å². The molecular formula is C16H24N2O2. The third-order valence-corrected chi connectivity index (χ3v) is 3.98. The first-order valence-electron chi connectivity index (χ1n) is 7.33. The van der Waals surface area contributed by atoms with Gasteiger partial charge in [-0.05, 0) is 25.5 Å². The number of methoxy groups -OCH3 is 1. The maximum Gasteiger partial charge on any atom is 0.242 e. The van der Waals surface area contributed by atoms with E-state index in [2.05, 4.69) is 17.0 Å². The van der Waals surface area contributed by atoms with Gasteiger partial charge in [0.2, 0.25) is 5.91 Å². The van der Waals surface area contributed by atoms with Crippen molar-refractivity contribution in [2.45, 2.75) is 26.4 Å². The van der Waals surface area contributed by atoms with Gasteiger partial charge in [0, 0.05) is 38.9 Å². The summed E-state index contributed by atoms with van der Waals surface area (Å²) in [6.07, 6.45) is 1.08. The summed E-state index contributed by atoms with van der Waals surface area (Å²) in [7, 11) is 1.74. The van der Waals surface area contributed by atoms with Crippen molar-refractivity contribution in [2.75, 3.05) is 38.2 Å². The number of para-hydroxylation sites is 1. The number of hydrogen-bond acceptors (Lipinski definition) is 3. The fourth-order valence-electron chi connectivity index (χ4n) is 2.79. The third kappa shape index (κ3) is 3.12. The summed E-state index contributed by atoms with van der Waals surface area (Å²) in [6.45, 7) is 6.77. The van der Waals surface area contributed by atoms with E-state index in [0.717, 1.165) is 26.1 Å². The number of carbonyl (C=O) groups is 1. The molecule has 4 heteroatoms. The molecule has 1 aromatic carbocycles. The molecule has 4 nitrogen and oxygen atoms in total. The molecule has 0 spiro atoms. The maximum absolute atomic E-state index is 12.3. The number of rotatable bonds is 5. The van der Waals surface area contributed by atoms with Gasteiger partial charge >= 0.3 is 0 Å². The summed E-state index contributed by atoms with van der Waals surface area (Å²) in [6, 6.07) is 8.29. The fourth-order valence-corrected chi connectivity index (χ4v) is 2.79. The smallest absolute Gasteiger partial charge is 0.242 e. The normalized spacial score (nSPS) is 17.8. The Morgan fingerprint density at radius 2 is 2.05 bits per heavy atom. The van der Waals surface area contributed by atoms with Crippen LogP contribution in [-0.4, -0.2) is 50.2 Å². The largest absolute Gasteiger partial charge is 0.379 e. The van der Waals surface area contributed by atoms with E-state index in [0.29, 0.717) is 6.54 Å². The molecule has 1 atom stereocenters. The van der Waals surface area contributed by atoms with Gasteiger partial charge in [-0.25, -0.2) is 0 Å². The van der Waals surface area contributed by atoms with E-state index in [1.54, 1.807) is 7.11 Å². The van der Waals surface area contributed by atoms with Crippen LogP contribution in [0, 0.1) is 0 Å². The number of anilines is 1. The molecule has 0 unspecified atom stereocenters. The Bertz CT molecular complexity index is 458. The number of carbonyl (C=O) groups excluding carboxylic acids is 1. The number of amides is 1. The van der Waals surface area contributed by atoms with Crippen LogP contribution in [0.4, 0.5) is 5.69 Å². The van der Waals surface area contributed by atoms with Gasteiger partial charge in [-0.3, -0.25) is 4.79 Å². The molecule has 0 bridgehead atoms. The number of hydrogen-bond donors (Lipinski definition) is 0. The monoisotopic (exact) mass is 276 g/mol. The zero-order valence-corrected chi connectivity index (χ0v) is 12.6. The standard InChI is InChI=1S/C16H24N2O2/c1-4-17(5-2)16(19)12-18-11-14(20-3)10-13-8-6-7-9-15(13)18/h6-9,14H,4-5,10-12H2,1-3H3/t14-/m0/s1. The van der Waals surface area contributed by atoms with Gasteiger partial charge in [-0.1, -0.05) is 18.2 Å². The molecule has 1 heterocycles. The molecule has 1 aliphatic heterocycles. The van der Waals surface area contributed by atoms with Crippen LogP contribution in [0.2, 0.25) is 0 Å². The van der Waals surface area contributed by atoms with Gasteiger partial charge < -0.3 is 14.5 Å². The summed E-state index contributed by atoms with van der Waals surface area (Å²) < 4.78 is 5.51. The second kappa shape index (κ2) is 6.75. The van der Waals surface area contributed by atoms with Gasteiger partial charge in [0.05, 0.1) is 12.6 Å². The lowest BCUT2D eigenvalue weighted by molar-refractivity contribution is -0.129. The zero-order valence-electron chi connectivity index (χ0n) is 12.6. The molecule has 0 fully saturated rings. The third-order valence-electron chi connectivity index (χ3n) is 3.98. The summed E-state index contributed by atoms with van der Waals surface area (Å²) in [4.78, 5) is 16.3. The highest BCUT2D eigenvalue weighted by Crippen LogP contribution is 2.27. The van der Waals surface area contributed by atoms with E-state index >= 15 is 0 Å². The average molecular weight is 276 g/mol. The van der Waals surface area contributed by atoms with E-state index in [9.17, 15) is 4.79 Å². The van der Waals surface area contributed by atoms with Gasteiger partial charge in [0.15, 0.2) is 0 Å². The van der Waals surface area contributed by atoms with Crippen molar-refractivity contribution in [2.24, 2.45) is 0 Å². The highest BCUT2D eigenvalue weighted by Gasteiger charge is 2.26. The molecule has 1 aromatic rings. The van der Waals surface area contributed by atoms with Gasteiger partial charge in [-0.15, -0.1) is 0 Å². The van der Waals surface area contributed by atoms with Crippen molar-refractivity contribution in [3.05, 3.63) is 29.8 Å². The molecule has 20 heavy (non-hydrogen) atoms. The molecule has 0 radical (unpaired) electrons. The number of fused-ring (bicyclic) bond motifs is 1. The van der Waals surface area contributed by atoms with Crippen molar-refractivity contribution in [3.63, 3.8) is 0 Å². The van der Waals surface area contributed by atoms with Crippen molar-refractivity contribution in [1.29, 1.82) is 0 Å². The Hall–Kier alpha value is -1.55. The fraction of sp³-hybridized carbons (Fsp3) is 0.562. The zero-order chi connectivity index (χ0) is 14.5. The Morgan fingerprint density at radius 3 is 2.70 bits per heavy atom. The average Bonchev–Trinajstić information content (AvgIpc) is 2.48. The molecule has 0 saturated carbocycles. The predicted octanol–water partition coefficient (Wildman–Crippen LogP) is 1.93. The lowest BCUT2D eigenvalue weighted by Gasteiger charge is -2.36. The van der Waals surface area contributed by atoms with Crippen molar-refractivity contribution >= 4 is 11.6 Å². The molecule has 110 valence electrons. The van der Waals surface area contributed by atoms with E-state index < -0.39 is 0 Å². The first-order chi connectivity index (χ1) is 9.69. The van der Waals surface area contributed by atoms with Crippen LogP contribution in [0.5, 0.6) is 0 Å². The first kappa shape index (κ1) is 14.9. The molecule has 1 aliphatic rings. The van der Waals surface area contributed by atoms with Crippen molar-refractivity contribution < 1.29 is 9.53 Å². The van der Waals surface area contributed by atoms with Crippen LogP contribution < -0.4 is 4.90 Å². The number of likely N-dealkylation sites (N-methyl/N-ethyl adjacent to an activating group) is 1. The molecule has 2 rings (SSSR count). The first-order valence-corrected chi connectivity index (χ1v) is 7.33. The molecule has 0 aromatic heterocycles. The second-order valence-electron chi connectivity index (χ2n) is 5.14. The van der Waals surface area contributed by atoms with Crippen LogP contribution in [0.25, 0.3) is 0 Å². The van der Waals surface area contributed by atoms with Crippen LogP contribution in [0.1, 0.15) is 19.4 Å². The van der Waals surface area contributed by atoms with Gasteiger partial charge in [0.25, 0.3) is 0 Å². The summed E-state index contributed by atoms with van der Waals surface area (Å²) in [5.74, 6) is 0.182. The van der Waals surface area contributed by atoms with E-state index in [4.69, 9.17) is 4.74 Å². The summed E-state index contributed by atoms with van der Waals surface area (Å²) in [5.41, 5.74) is 2.43. The minimum absolute atomic E-state index is 0.161. The second-order valence-corrected chi connectivity index (χ2v) is 5.14.